The van der Waals surface area contributed by atoms with Crippen LogP contribution in [0.25, 0.3) is 5.69 Å². The highest BCUT2D eigenvalue weighted by Gasteiger charge is 2.12. The van der Waals surface area contributed by atoms with E-state index >= 15 is 0 Å². The number of hydrogen-bond donors (Lipinski definition) is 1. The molecule has 5 heteroatoms. The lowest BCUT2D eigenvalue weighted by Crippen LogP contribution is -2.05. The van der Waals surface area contributed by atoms with Gasteiger partial charge in [-0.15, -0.1) is 0 Å². The number of aromatic nitrogens is 1. The van der Waals surface area contributed by atoms with Crippen LogP contribution in [0.2, 0.25) is 10.0 Å². The average molecular weight is 256 g/mol. The van der Waals surface area contributed by atoms with Crippen LogP contribution < -0.4 is 0 Å². The third-order valence-electron chi connectivity index (χ3n) is 2.14. The molecule has 0 aliphatic carbocycles. The van der Waals surface area contributed by atoms with E-state index < -0.39 is 5.97 Å². The number of carboxylic acid groups (broad SMARTS) is 1. The molecule has 0 saturated carbocycles. The molecule has 0 radical (unpaired) electrons. The van der Waals surface area contributed by atoms with Crippen LogP contribution in [0.15, 0.2) is 36.5 Å². The lowest BCUT2D eigenvalue weighted by molar-refractivity contribution is 0.0688. The Morgan fingerprint density at radius 2 is 2.00 bits per heavy atom. The third kappa shape index (κ3) is 1.92. The highest BCUT2D eigenvalue weighted by atomic mass is 35.5. The zero-order valence-corrected chi connectivity index (χ0v) is 9.53. The van der Waals surface area contributed by atoms with Crippen LogP contribution in [0.3, 0.4) is 0 Å². The van der Waals surface area contributed by atoms with Gasteiger partial charge < -0.3 is 9.67 Å². The van der Waals surface area contributed by atoms with Crippen molar-refractivity contribution in [1.82, 2.24) is 4.57 Å². The number of halogens is 2. The summed E-state index contributed by atoms with van der Waals surface area (Å²) in [6, 6.07) is 8.04. The van der Waals surface area contributed by atoms with Crippen molar-refractivity contribution in [2.45, 2.75) is 0 Å². The van der Waals surface area contributed by atoms with Crippen molar-refractivity contribution < 1.29 is 9.90 Å². The summed E-state index contributed by atoms with van der Waals surface area (Å²) in [7, 11) is 0. The highest BCUT2D eigenvalue weighted by molar-refractivity contribution is 6.34. The van der Waals surface area contributed by atoms with Crippen LogP contribution in [0.5, 0.6) is 0 Å². The molecule has 2 rings (SSSR count). The lowest BCUT2D eigenvalue weighted by atomic mass is 10.3. The van der Waals surface area contributed by atoms with Gasteiger partial charge in [0.2, 0.25) is 0 Å². The first-order valence-corrected chi connectivity index (χ1v) is 5.21. The van der Waals surface area contributed by atoms with E-state index in [1.165, 1.54) is 10.6 Å². The molecule has 0 bridgehead atoms. The van der Waals surface area contributed by atoms with Gasteiger partial charge >= 0.3 is 5.97 Å². The Labute approximate surface area is 102 Å². The van der Waals surface area contributed by atoms with Gasteiger partial charge in [-0.05, 0) is 30.3 Å². The molecule has 1 heterocycles. The molecule has 0 saturated heterocycles. The summed E-state index contributed by atoms with van der Waals surface area (Å²) >= 11 is 11.8. The van der Waals surface area contributed by atoms with Gasteiger partial charge in [0.25, 0.3) is 0 Å². The zero-order valence-electron chi connectivity index (χ0n) is 8.02. The van der Waals surface area contributed by atoms with Crippen molar-refractivity contribution >= 4 is 29.2 Å². The molecule has 0 spiro atoms. The normalized spacial score (nSPS) is 10.4. The fourth-order valence-electron chi connectivity index (χ4n) is 1.44. The Kier molecular flexibility index (Phi) is 2.90. The number of nitrogens with zero attached hydrogens (tertiary/aromatic N) is 1. The molecule has 0 aliphatic rings. The molecule has 1 aromatic carbocycles. The zero-order chi connectivity index (χ0) is 11.7. The Morgan fingerprint density at radius 3 is 2.69 bits per heavy atom. The van der Waals surface area contributed by atoms with E-state index in [0.717, 1.165) is 0 Å². The second-order valence-corrected chi connectivity index (χ2v) is 4.01. The average Bonchev–Trinajstić information content (AvgIpc) is 2.70. The molecule has 0 fully saturated rings. The maximum Gasteiger partial charge on any atom is 0.352 e. The molecule has 3 nitrogen and oxygen atoms in total. The third-order valence-corrected chi connectivity index (χ3v) is 2.69. The summed E-state index contributed by atoms with van der Waals surface area (Å²) in [5.41, 5.74) is 0.695. The minimum Gasteiger partial charge on any atom is -0.477 e. The summed E-state index contributed by atoms with van der Waals surface area (Å²) in [6.07, 6.45) is 1.63. The molecule has 16 heavy (non-hydrogen) atoms. The van der Waals surface area contributed by atoms with Gasteiger partial charge in [0, 0.05) is 11.2 Å². The predicted molar refractivity (Wildman–Crippen MR) is 62.7 cm³/mol. The van der Waals surface area contributed by atoms with Gasteiger partial charge in [0.15, 0.2) is 0 Å². The van der Waals surface area contributed by atoms with Gasteiger partial charge in [-0.25, -0.2) is 4.79 Å². The van der Waals surface area contributed by atoms with E-state index in [2.05, 4.69) is 0 Å². The van der Waals surface area contributed by atoms with Crippen molar-refractivity contribution in [3.63, 3.8) is 0 Å². The quantitative estimate of drug-likeness (QED) is 0.893. The van der Waals surface area contributed by atoms with Gasteiger partial charge in [0.05, 0.1) is 10.7 Å². The van der Waals surface area contributed by atoms with Crippen molar-refractivity contribution in [3.8, 4) is 5.69 Å². The fraction of sp³-hybridized carbons (Fsp3) is 0. The van der Waals surface area contributed by atoms with Crippen LogP contribution in [0, 0.1) is 0 Å². The number of carboxylic acids is 1. The Morgan fingerprint density at radius 1 is 1.25 bits per heavy atom. The summed E-state index contributed by atoms with van der Waals surface area (Å²) in [4.78, 5) is 11.0. The molecule has 1 aromatic heterocycles. The minimum atomic E-state index is -1.01. The van der Waals surface area contributed by atoms with E-state index in [4.69, 9.17) is 28.3 Å². The summed E-state index contributed by atoms with van der Waals surface area (Å²) < 4.78 is 1.48. The summed E-state index contributed by atoms with van der Waals surface area (Å²) in [6.45, 7) is 0. The smallest absolute Gasteiger partial charge is 0.352 e. The monoisotopic (exact) mass is 255 g/mol. The molecule has 0 amide bonds. The molecular formula is C11H7Cl2NO2. The van der Waals surface area contributed by atoms with E-state index in [0.29, 0.717) is 15.7 Å². The first-order chi connectivity index (χ1) is 7.59. The van der Waals surface area contributed by atoms with Gasteiger partial charge in [0.1, 0.15) is 5.69 Å². The SMILES string of the molecule is O=C(O)c1cccn1-c1cc(Cl)ccc1Cl. The fourth-order valence-corrected chi connectivity index (χ4v) is 1.81. The number of carbonyl (C=O) groups is 1. The van der Waals surface area contributed by atoms with Gasteiger partial charge in [-0.2, -0.15) is 0 Å². The number of aromatic carboxylic acids is 1. The first-order valence-electron chi connectivity index (χ1n) is 4.45. The summed E-state index contributed by atoms with van der Waals surface area (Å²) in [5.74, 6) is -1.01. The minimum absolute atomic E-state index is 0.143. The number of hydrogen-bond acceptors (Lipinski definition) is 1. The van der Waals surface area contributed by atoms with Crippen molar-refractivity contribution in [2.75, 3.05) is 0 Å². The van der Waals surface area contributed by atoms with Gasteiger partial charge in [-0.3, -0.25) is 0 Å². The van der Waals surface area contributed by atoms with E-state index in [9.17, 15) is 4.79 Å². The molecule has 0 unspecified atom stereocenters. The highest BCUT2D eigenvalue weighted by Crippen LogP contribution is 2.25. The topological polar surface area (TPSA) is 42.2 Å². The van der Waals surface area contributed by atoms with Crippen LogP contribution >= 0.6 is 23.2 Å². The van der Waals surface area contributed by atoms with Crippen molar-refractivity contribution in [2.24, 2.45) is 0 Å². The van der Waals surface area contributed by atoms with Crippen LogP contribution in [-0.2, 0) is 0 Å². The Bertz CT molecular complexity index is 549. The largest absolute Gasteiger partial charge is 0.477 e. The first kappa shape index (κ1) is 11.0. The standard InChI is InChI=1S/C11H7Cl2NO2/c12-7-3-4-8(13)10(6-7)14-5-1-2-9(14)11(15)16/h1-6H,(H,15,16). The maximum absolute atomic E-state index is 11.0. The molecule has 2 aromatic rings. The van der Waals surface area contributed by atoms with Crippen LogP contribution in [0.4, 0.5) is 0 Å². The van der Waals surface area contributed by atoms with E-state index in [1.54, 1.807) is 30.5 Å². The van der Waals surface area contributed by atoms with Gasteiger partial charge in [-0.1, -0.05) is 23.2 Å². The molecule has 0 atom stereocenters. The second kappa shape index (κ2) is 4.20. The predicted octanol–water partition coefficient (Wildman–Crippen LogP) is 3.48. The number of benzene rings is 1. The molecule has 82 valence electrons. The van der Waals surface area contributed by atoms with Crippen LogP contribution in [0.1, 0.15) is 10.5 Å². The Hall–Kier alpha value is -1.45. The van der Waals surface area contributed by atoms with E-state index in [-0.39, 0.29) is 5.69 Å². The maximum atomic E-state index is 11.0. The van der Waals surface area contributed by atoms with E-state index in [1.807, 2.05) is 0 Å². The Balaban J connectivity index is 2.62. The van der Waals surface area contributed by atoms with Crippen molar-refractivity contribution in [1.29, 1.82) is 0 Å². The van der Waals surface area contributed by atoms with Crippen LogP contribution in [-0.4, -0.2) is 15.6 Å². The lowest BCUT2D eigenvalue weighted by Gasteiger charge is -2.08. The summed E-state index contributed by atoms with van der Waals surface area (Å²) in [5, 5.41) is 9.93. The second-order valence-electron chi connectivity index (χ2n) is 3.16. The molecule has 1 N–H and O–H groups in total. The van der Waals surface area contributed by atoms with Crippen molar-refractivity contribution in [3.05, 3.63) is 52.3 Å². The molecule has 0 aliphatic heterocycles. The molecular weight excluding hydrogens is 249 g/mol. The number of rotatable bonds is 2.